The third-order valence-corrected chi connectivity index (χ3v) is 7.71. The predicted octanol–water partition coefficient (Wildman–Crippen LogP) is 4.84. The van der Waals surface area contributed by atoms with Crippen LogP contribution in [0.25, 0.3) is 0 Å². The molecule has 2 aliphatic heterocycles. The van der Waals surface area contributed by atoms with Crippen molar-refractivity contribution in [3.8, 4) is 0 Å². The third-order valence-electron chi connectivity index (χ3n) is 7.71. The number of carbonyl (C=O) groups excluding carboxylic acids is 1. The molecule has 0 aromatic rings. The van der Waals surface area contributed by atoms with Gasteiger partial charge in [0, 0.05) is 19.1 Å². The summed E-state index contributed by atoms with van der Waals surface area (Å²) < 4.78 is 0. The van der Waals surface area contributed by atoms with Crippen LogP contribution in [0.3, 0.4) is 0 Å². The van der Waals surface area contributed by atoms with Gasteiger partial charge in [0.2, 0.25) is 0 Å². The fraction of sp³-hybridized carbons (Fsp3) is 0.952. The molecule has 2 saturated carbocycles. The van der Waals surface area contributed by atoms with E-state index in [4.69, 9.17) is 4.84 Å². The van der Waals surface area contributed by atoms with E-state index >= 15 is 0 Å². The van der Waals surface area contributed by atoms with Crippen molar-refractivity contribution in [2.24, 2.45) is 22.7 Å². The van der Waals surface area contributed by atoms with Crippen LogP contribution in [0.2, 0.25) is 0 Å². The first-order chi connectivity index (χ1) is 11.8. The van der Waals surface area contributed by atoms with Crippen LogP contribution in [0.5, 0.6) is 0 Å². The first kappa shape index (κ1) is 17.6. The molecule has 4 fully saturated rings. The van der Waals surface area contributed by atoms with Gasteiger partial charge >= 0.3 is 6.09 Å². The van der Waals surface area contributed by atoms with Crippen molar-refractivity contribution in [3.63, 3.8) is 0 Å². The SMILES string of the molecule is C[C@H]1CC[C@H](C2(C)CC2)N(OC(=O)N2C[C@@H](C)CC[C@@H]2C2(C)CC2)C1. The van der Waals surface area contributed by atoms with Crippen molar-refractivity contribution in [1.82, 2.24) is 9.96 Å². The molecule has 25 heavy (non-hydrogen) atoms. The van der Waals surface area contributed by atoms with E-state index in [0.29, 0.717) is 34.7 Å². The lowest BCUT2D eigenvalue weighted by Gasteiger charge is -2.44. The number of rotatable bonds is 3. The molecule has 4 aliphatic rings. The molecule has 1 amide bonds. The van der Waals surface area contributed by atoms with Gasteiger partial charge in [-0.3, -0.25) is 0 Å². The largest absolute Gasteiger partial charge is 0.429 e. The van der Waals surface area contributed by atoms with Gasteiger partial charge in [0.05, 0.1) is 6.04 Å². The molecular weight excluding hydrogens is 312 g/mol. The Hall–Kier alpha value is -0.770. The van der Waals surface area contributed by atoms with Crippen LogP contribution in [-0.2, 0) is 4.84 Å². The number of piperidine rings is 2. The minimum atomic E-state index is -0.0759. The van der Waals surface area contributed by atoms with E-state index in [-0.39, 0.29) is 6.09 Å². The molecule has 0 spiro atoms. The Bertz CT molecular complexity index is 526. The fourth-order valence-electron chi connectivity index (χ4n) is 5.20. The summed E-state index contributed by atoms with van der Waals surface area (Å²) in [6.07, 6.45) is 9.82. The van der Waals surface area contributed by atoms with Crippen LogP contribution in [-0.4, -0.2) is 41.2 Å². The topological polar surface area (TPSA) is 32.8 Å². The molecule has 2 heterocycles. The van der Waals surface area contributed by atoms with E-state index in [1.54, 1.807) is 0 Å². The summed E-state index contributed by atoms with van der Waals surface area (Å²) in [5.41, 5.74) is 0.716. The Labute approximate surface area is 153 Å². The number of nitrogens with zero attached hydrogens (tertiary/aromatic N) is 2. The summed E-state index contributed by atoms with van der Waals surface area (Å²) in [5.74, 6) is 1.20. The smallest absolute Gasteiger partial charge is 0.351 e. The van der Waals surface area contributed by atoms with Crippen molar-refractivity contribution < 1.29 is 9.63 Å². The van der Waals surface area contributed by atoms with Crippen molar-refractivity contribution in [3.05, 3.63) is 0 Å². The molecule has 0 unspecified atom stereocenters. The highest BCUT2D eigenvalue weighted by atomic mass is 16.7. The van der Waals surface area contributed by atoms with Crippen LogP contribution >= 0.6 is 0 Å². The number of amides is 1. The van der Waals surface area contributed by atoms with Gasteiger partial charge in [0.1, 0.15) is 0 Å². The number of hydrogen-bond acceptors (Lipinski definition) is 3. The Morgan fingerprint density at radius 2 is 1.36 bits per heavy atom. The van der Waals surface area contributed by atoms with Gasteiger partial charge in [-0.25, -0.2) is 4.79 Å². The maximum Gasteiger partial charge on any atom is 0.429 e. The maximum absolute atomic E-state index is 13.2. The van der Waals surface area contributed by atoms with Crippen molar-refractivity contribution >= 4 is 6.09 Å². The highest BCUT2D eigenvalue weighted by Crippen LogP contribution is 2.54. The zero-order chi connectivity index (χ0) is 17.8. The molecule has 4 nitrogen and oxygen atoms in total. The average Bonchev–Trinajstić information content (AvgIpc) is 3.47. The number of hydrogen-bond donors (Lipinski definition) is 0. The summed E-state index contributed by atoms with van der Waals surface area (Å²) in [6.45, 7) is 11.0. The normalized spacial score (nSPS) is 39.8. The first-order valence-electron chi connectivity index (χ1n) is 10.6. The number of carbonyl (C=O) groups is 1. The second kappa shape index (κ2) is 6.14. The van der Waals surface area contributed by atoms with Crippen molar-refractivity contribution in [2.45, 2.75) is 91.1 Å². The van der Waals surface area contributed by atoms with E-state index < -0.39 is 0 Å². The van der Waals surface area contributed by atoms with Crippen molar-refractivity contribution in [1.29, 1.82) is 0 Å². The Morgan fingerprint density at radius 1 is 0.840 bits per heavy atom. The Morgan fingerprint density at radius 3 is 1.96 bits per heavy atom. The summed E-state index contributed by atoms with van der Waals surface area (Å²) >= 11 is 0. The second-order valence-electron chi connectivity index (χ2n) is 10.3. The molecule has 0 N–H and O–H groups in total. The summed E-state index contributed by atoms with van der Waals surface area (Å²) in [5, 5.41) is 2.08. The van der Waals surface area contributed by atoms with E-state index in [1.807, 2.05) is 0 Å². The molecule has 0 radical (unpaired) electrons. The minimum absolute atomic E-state index is 0.0759. The fourth-order valence-corrected chi connectivity index (χ4v) is 5.20. The van der Waals surface area contributed by atoms with Gasteiger partial charge in [0.15, 0.2) is 0 Å². The van der Waals surface area contributed by atoms with Crippen LogP contribution < -0.4 is 0 Å². The van der Waals surface area contributed by atoms with Gasteiger partial charge in [-0.05, 0) is 74.0 Å². The van der Waals surface area contributed by atoms with Crippen LogP contribution in [0.1, 0.15) is 79.1 Å². The molecule has 4 rings (SSSR count). The number of likely N-dealkylation sites (tertiary alicyclic amines) is 1. The molecular formula is C21H36N2O2. The zero-order valence-corrected chi connectivity index (χ0v) is 16.6. The number of hydroxylamine groups is 2. The highest BCUT2D eigenvalue weighted by Gasteiger charge is 2.52. The average molecular weight is 349 g/mol. The Balaban J connectivity index is 1.47. The lowest BCUT2D eigenvalue weighted by Crippen LogP contribution is -2.54. The van der Waals surface area contributed by atoms with Gasteiger partial charge in [-0.15, -0.1) is 5.06 Å². The molecule has 0 aromatic carbocycles. The molecule has 4 atom stereocenters. The molecule has 2 saturated heterocycles. The van der Waals surface area contributed by atoms with E-state index in [0.717, 1.165) is 19.5 Å². The van der Waals surface area contributed by atoms with E-state index in [2.05, 4.69) is 37.7 Å². The zero-order valence-electron chi connectivity index (χ0n) is 16.6. The highest BCUT2D eigenvalue weighted by molar-refractivity contribution is 5.68. The lowest BCUT2D eigenvalue weighted by atomic mass is 9.85. The second-order valence-corrected chi connectivity index (χ2v) is 10.3. The van der Waals surface area contributed by atoms with Gasteiger partial charge in [-0.2, -0.15) is 0 Å². The van der Waals surface area contributed by atoms with Crippen LogP contribution in [0, 0.1) is 22.7 Å². The van der Waals surface area contributed by atoms with Crippen molar-refractivity contribution in [2.75, 3.05) is 13.1 Å². The quantitative estimate of drug-likeness (QED) is 0.731. The van der Waals surface area contributed by atoms with Gasteiger partial charge in [0.25, 0.3) is 0 Å². The molecule has 4 heteroatoms. The summed E-state index contributed by atoms with van der Waals surface area (Å²) in [4.78, 5) is 21.4. The monoisotopic (exact) mass is 348 g/mol. The maximum atomic E-state index is 13.2. The molecule has 142 valence electrons. The van der Waals surface area contributed by atoms with Gasteiger partial charge < -0.3 is 9.74 Å². The first-order valence-corrected chi connectivity index (χ1v) is 10.6. The third kappa shape index (κ3) is 3.43. The predicted molar refractivity (Wildman–Crippen MR) is 98.9 cm³/mol. The van der Waals surface area contributed by atoms with Crippen LogP contribution in [0.15, 0.2) is 0 Å². The molecule has 0 aromatic heterocycles. The molecule has 2 aliphatic carbocycles. The minimum Gasteiger partial charge on any atom is -0.351 e. The van der Waals surface area contributed by atoms with E-state index in [9.17, 15) is 4.79 Å². The lowest BCUT2D eigenvalue weighted by molar-refractivity contribution is -0.183. The summed E-state index contributed by atoms with van der Waals surface area (Å²) in [6, 6.07) is 0.804. The van der Waals surface area contributed by atoms with Gasteiger partial charge in [-0.1, -0.05) is 27.7 Å². The van der Waals surface area contributed by atoms with E-state index in [1.165, 1.54) is 44.9 Å². The Kier molecular flexibility index (Phi) is 4.33. The molecule has 0 bridgehead atoms. The van der Waals surface area contributed by atoms with Crippen LogP contribution in [0.4, 0.5) is 4.79 Å². The standard InChI is InChI=1S/C21H36N2O2/c1-15-5-7-17(20(3)9-10-20)22(13-15)19(24)25-23-14-16(2)6-8-18(23)21(4)11-12-21/h15-18H,5-14H2,1-4H3/t15-,16-,17+,18+/m0/s1. The summed E-state index contributed by atoms with van der Waals surface area (Å²) in [7, 11) is 0.